The highest BCUT2D eigenvalue weighted by molar-refractivity contribution is 5.92. The van der Waals surface area contributed by atoms with Crippen LogP contribution < -0.4 is 14.8 Å². The molecular weight excluding hydrogens is 318 g/mol. The molecule has 3 aromatic rings. The second-order valence-corrected chi connectivity index (χ2v) is 6.44. The molecule has 2 heterocycles. The summed E-state index contributed by atoms with van der Waals surface area (Å²) in [6.07, 6.45) is 2.29. The van der Waals surface area contributed by atoms with Crippen molar-refractivity contribution < 1.29 is 14.3 Å². The number of hydrogen-bond acceptors (Lipinski definition) is 4. The number of para-hydroxylation sites is 2. The highest BCUT2D eigenvalue weighted by atomic mass is 16.7. The van der Waals surface area contributed by atoms with E-state index < -0.39 is 0 Å². The Hall–Kier alpha value is -3.02. The number of carbonyl (C=O) groups excluding carboxylic acids is 1. The molecule has 6 heteroatoms. The predicted molar refractivity (Wildman–Crippen MR) is 92.9 cm³/mol. The van der Waals surface area contributed by atoms with E-state index in [1.165, 1.54) is 0 Å². The Morgan fingerprint density at radius 3 is 2.88 bits per heavy atom. The maximum absolute atomic E-state index is 12.6. The first-order chi connectivity index (χ1) is 12.3. The van der Waals surface area contributed by atoms with Crippen LogP contribution in [0.5, 0.6) is 11.5 Å². The number of benzene rings is 2. The predicted octanol–water partition coefficient (Wildman–Crippen LogP) is 3.28. The number of ether oxygens (including phenoxy) is 2. The molecule has 2 aromatic carbocycles. The fourth-order valence-corrected chi connectivity index (χ4v) is 3.23. The first-order valence-electron chi connectivity index (χ1n) is 8.42. The van der Waals surface area contributed by atoms with Crippen LogP contribution in [0.1, 0.15) is 24.6 Å². The van der Waals surface area contributed by atoms with Crippen molar-refractivity contribution in [1.29, 1.82) is 0 Å². The second-order valence-electron chi connectivity index (χ2n) is 6.44. The van der Waals surface area contributed by atoms with E-state index >= 15 is 0 Å². The Bertz CT molecular complexity index is 975. The van der Waals surface area contributed by atoms with Gasteiger partial charge in [0.1, 0.15) is 12.4 Å². The van der Waals surface area contributed by atoms with Crippen LogP contribution in [0.15, 0.2) is 42.5 Å². The Morgan fingerprint density at radius 1 is 1.16 bits per heavy atom. The number of hydrogen-bond donors (Lipinski definition) is 1. The van der Waals surface area contributed by atoms with E-state index in [1.54, 1.807) is 12.1 Å². The lowest BCUT2D eigenvalue weighted by atomic mass is 10.2. The molecule has 0 bridgehead atoms. The van der Waals surface area contributed by atoms with Crippen LogP contribution in [0.3, 0.4) is 0 Å². The van der Waals surface area contributed by atoms with Gasteiger partial charge in [0.15, 0.2) is 11.5 Å². The summed E-state index contributed by atoms with van der Waals surface area (Å²) >= 11 is 0. The number of aromatic nitrogens is 2. The highest BCUT2D eigenvalue weighted by Gasteiger charge is 2.30. The van der Waals surface area contributed by atoms with E-state index in [2.05, 4.69) is 5.32 Å². The van der Waals surface area contributed by atoms with E-state index in [9.17, 15) is 4.79 Å². The lowest BCUT2D eigenvalue weighted by Crippen LogP contribution is -2.20. The highest BCUT2D eigenvalue weighted by Crippen LogP contribution is 2.40. The Labute approximate surface area is 144 Å². The molecule has 1 amide bonds. The Kier molecular flexibility index (Phi) is 3.16. The number of amides is 1. The van der Waals surface area contributed by atoms with Crippen molar-refractivity contribution in [2.24, 2.45) is 0 Å². The van der Waals surface area contributed by atoms with E-state index in [0.29, 0.717) is 23.1 Å². The van der Waals surface area contributed by atoms with Crippen molar-refractivity contribution in [2.45, 2.75) is 25.3 Å². The summed E-state index contributed by atoms with van der Waals surface area (Å²) in [6.45, 7) is 0.472. The summed E-state index contributed by atoms with van der Waals surface area (Å²) in [5.41, 5.74) is 2.65. The zero-order chi connectivity index (χ0) is 16.8. The largest absolute Gasteiger partial charge is 0.454 e. The third-order valence-electron chi connectivity index (χ3n) is 4.58. The van der Waals surface area contributed by atoms with E-state index in [1.807, 2.05) is 34.9 Å². The molecule has 1 fully saturated rings. The van der Waals surface area contributed by atoms with Crippen molar-refractivity contribution in [1.82, 2.24) is 9.55 Å². The van der Waals surface area contributed by atoms with Gasteiger partial charge in [-0.05, 0) is 37.1 Å². The van der Waals surface area contributed by atoms with Crippen molar-refractivity contribution in [3.8, 4) is 11.5 Å². The van der Waals surface area contributed by atoms with Gasteiger partial charge in [0, 0.05) is 17.7 Å². The Balaban J connectivity index is 1.40. The molecule has 1 N–H and O–H groups in total. The Morgan fingerprint density at radius 2 is 2.00 bits per heavy atom. The van der Waals surface area contributed by atoms with Crippen LogP contribution in [0, 0.1) is 0 Å². The summed E-state index contributed by atoms with van der Waals surface area (Å²) in [4.78, 5) is 17.3. The van der Waals surface area contributed by atoms with Gasteiger partial charge >= 0.3 is 0 Å². The van der Waals surface area contributed by atoms with Crippen LogP contribution >= 0.6 is 0 Å². The van der Waals surface area contributed by atoms with Gasteiger partial charge in [-0.3, -0.25) is 4.79 Å². The van der Waals surface area contributed by atoms with Crippen LogP contribution in [0.25, 0.3) is 11.0 Å². The summed E-state index contributed by atoms with van der Waals surface area (Å²) in [5, 5.41) is 2.94. The lowest BCUT2D eigenvalue weighted by Gasteiger charge is -2.10. The molecular formula is C19H17N3O3. The maximum Gasteiger partial charge on any atom is 0.244 e. The summed E-state index contributed by atoms with van der Waals surface area (Å²) < 4.78 is 12.7. The van der Waals surface area contributed by atoms with Crippen LogP contribution in [-0.4, -0.2) is 22.3 Å². The van der Waals surface area contributed by atoms with Gasteiger partial charge in [-0.25, -0.2) is 4.98 Å². The average Bonchev–Trinajstić information content (AvgIpc) is 3.25. The number of nitrogens with zero attached hydrogens (tertiary/aromatic N) is 2. The van der Waals surface area contributed by atoms with Gasteiger partial charge in [-0.2, -0.15) is 0 Å². The molecule has 2 aliphatic rings. The maximum atomic E-state index is 12.6. The minimum atomic E-state index is -0.0797. The van der Waals surface area contributed by atoms with Gasteiger partial charge in [0.05, 0.1) is 11.0 Å². The van der Waals surface area contributed by atoms with Crippen LogP contribution in [0.2, 0.25) is 0 Å². The van der Waals surface area contributed by atoms with Gasteiger partial charge < -0.3 is 19.4 Å². The van der Waals surface area contributed by atoms with Gasteiger partial charge in [0.25, 0.3) is 0 Å². The number of fused-ring (bicyclic) bond motifs is 2. The molecule has 1 aromatic heterocycles. The topological polar surface area (TPSA) is 65.4 Å². The molecule has 5 rings (SSSR count). The third kappa shape index (κ3) is 2.59. The standard InChI is InChI=1S/C19H17N3O3/c23-18(20-13-7-8-16-17(9-13)25-11-24-16)10-22-15-4-2-1-3-14(15)21-19(22)12-5-6-12/h1-4,7-9,12H,5-6,10-11H2,(H,20,23). The monoisotopic (exact) mass is 335 g/mol. The quantitative estimate of drug-likeness (QED) is 0.795. The molecule has 0 spiro atoms. The van der Waals surface area contributed by atoms with E-state index in [0.717, 1.165) is 29.7 Å². The number of rotatable bonds is 4. The summed E-state index contributed by atoms with van der Waals surface area (Å²) in [6, 6.07) is 13.4. The molecule has 1 aliphatic carbocycles. The van der Waals surface area contributed by atoms with Crippen molar-refractivity contribution in [3.63, 3.8) is 0 Å². The molecule has 1 aliphatic heterocycles. The zero-order valence-electron chi connectivity index (χ0n) is 13.6. The fraction of sp³-hybridized carbons (Fsp3) is 0.263. The zero-order valence-corrected chi connectivity index (χ0v) is 13.6. The van der Waals surface area contributed by atoms with Crippen molar-refractivity contribution in [3.05, 3.63) is 48.3 Å². The van der Waals surface area contributed by atoms with Gasteiger partial charge in [0.2, 0.25) is 12.7 Å². The van der Waals surface area contributed by atoms with Crippen molar-refractivity contribution in [2.75, 3.05) is 12.1 Å². The number of nitrogens with one attached hydrogen (secondary N) is 1. The number of carbonyl (C=O) groups is 1. The first kappa shape index (κ1) is 14.3. The second kappa shape index (κ2) is 5.51. The molecule has 0 saturated heterocycles. The average molecular weight is 335 g/mol. The molecule has 0 radical (unpaired) electrons. The number of anilines is 1. The van der Waals surface area contributed by atoms with E-state index in [-0.39, 0.29) is 19.2 Å². The fourth-order valence-electron chi connectivity index (χ4n) is 3.23. The lowest BCUT2D eigenvalue weighted by molar-refractivity contribution is -0.116. The van der Waals surface area contributed by atoms with Gasteiger partial charge in [-0.15, -0.1) is 0 Å². The minimum absolute atomic E-state index is 0.0797. The summed E-state index contributed by atoms with van der Waals surface area (Å²) in [7, 11) is 0. The van der Waals surface area contributed by atoms with E-state index in [4.69, 9.17) is 14.5 Å². The van der Waals surface area contributed by atoms with Crippen LogP contribution in [-0.2, 0) is 11.3 Å². The van der Waals surface area contributed by atoms with Crippen molar-refractivity contribution >= 4 is 22.6 Å². The molecule has 126 valence electrons. The van der Waals surface area contributed by atoms with Crippen LogP contribution in [0.4, 0.5) is 5.69 Å². The molecule has 25 heavy (non-hydrogen) atoms. The molecule has 0 atom stereocenters. The number of imidazole rings is 1. The molecule has 6 nitrogen and oxygen atoms in total. The smallest absolute Gasteiger partial charge is 0.244 e. The normalized spacial score (nSPS) is 15.5. The third-order valence-corrected chi connectivity index (χ3v) is 4.58. The minimum Gasteiger partial charge on any atom is -0.454 e. The first-order valence-corrected chi connectivity index (χ1v) is 8.42. The molecule has 1 saturated carbocycles. The van der Waals surface area contributed by atoms with Gasteiger partial charge in [-0.1, -0.05) is 12.1 Å². The summed E-state index contributed by atoms with van der Waals surface area (Å²) in [5.74, 6) is 2.77. The SMILES string of the molecule is O=C(Cn1c(C2CC2)nc2ccccc21)Nc1ccc2c(c1)OCO2. The molecule has 0 unspecified atom stereocenters.